The molecule has 0 unspecified atom stereocenters. The van der Waals surface area contributed by atoms with E-state index in [4.69, 9.17) is 9.47 Å². The molecule has 0 aliphatic heterocycles. The fourth-order valence-electron chi connectivity index (χ4n) is 1.88. The minimum absolute atomic E-state index is 0.542. The van der Waals surface area contributed by atoms with Crippen LogP contribution in [0.25, 0.3) is 0 Å². The lowest BCUT2D eigenvalue weighted by molar-refractivity contribution is 0.284. The molecule has 0 aliphatic carbocycles. The third kappa shape index (κ3) is 3.73. The van der Waals surface area contributed by atoms with Crippen LogP contribution < -0.4 is 14.8 Å². The first-order chi connectivity index (χ1) is 9.33. The second kappa shape index (κ2) is 6.81. The molecule has 3 heteroatoms. The molecule has 3 nitrogen and oxygen atoms in total. The normalized spacial score (nSPS) is 10.2. The van der Waals surface area contributed by atoms with Crippen molar-refractivity contribution in [2.24, 2.45) is 0 Å². The zero-order chi connectivity index (χ0) is 13.5. The van der Waals surface area contributed by atoms with Crippen LogP contribution in [0.15, 0.2) is 48.5 Å². The molecular weight excluding hydrogens is 238 g/mol. The van der Waals surface area contributed by atoms with Gasteiger partial charge in [-0.05, 0) is 30.3 Å². The van der Waals surface area contributed by atoms with Gasteiger partial charge in [0, 0.05) is 6.54 Å². The van der Waals surface area contributed by atoms with Crippen molar-refractivity contribution >= 4 is 0 Å². The first-order valence-corrected chi connectivity index (χ1v) is 6.31. The Kier molecular flexibility index (Phi) is 4.81. The minimum atomic E-state index is 0.542. The van der Waals surface area contributed by atoms with Crippen LogP contribution in [-0.4, -0.2) is 14.2 Å². The van der Waals surface area contributed by atoms with Gasteiger partial charge in [0.15, 0.2) is 11.5 Å². The van der Waals surface area contributed by atoms with Crippen molar-refractivity contribution in [1.29, 1.82) is 0 Å². The number of methoxy groups -OCH3 is 1. The molecule has 1 N–H and O–H groups in total. The van der Waals surface area contributed by atoms with Crippen LogP contribution in [0.2, 0.25) is 0 Å². The van der Waals surface area contributed by atoms with E-state index in [2.05, 4.69) is 5.32 Å². The summed E-state index contributed by atoms with van der Waals surface area (Å²) >= 11 is 0. The second-order valence-electron chi connectivity index (χ2n) is 4.29. The molecule has 19 heavy (non-hydrogen) atoms. The maximum absolute atomic E-state index is 5.85. The average Bonchev–Trinajstić information content (AvgIpc) is 2.47. The predicted molar refractivity (Wildman–Crippen MR) is 76.5 cm³/mol. The van der Waals surface area contributed by atoms with Crippen LogP contribution in [0, 0.1) is 0 Å². The van der Waals surface area contributed by atoms with E-state index in [1.807, 2.05) is 55.6 Å². The first kappa shape index (κ1) is 13.4. The van der Waals surface area contributed by atoms with Gasteiger partial charge < -0.3 is 14.8 Å². The van der Waals surface area contributed by atoms with Crippen LogP contribution in [0.5, 0.6) is 11.5 Å². The van der Waals surface area contributed by atoms with Crippen LogP contribution >= 0.6 is 0 Å². The fourth-order valence-corrected chi connectivity index (χ4v) is 1.88. The van der Waals surface area contributed by atoms with Crippen molar-refractivity contribution in [3.63, 3.8) is 0 Å². The van der Waals surface area contributed by atoms with Gasteiger partial charge in [0.05, 0.1) is 7.11 Å². The molecule has 0 atom stereocenters. The van der Waals surface area contributed by atoms with E-state index in [1.54, 1.807) is 7.11 Å². The van der Waals surface area contributed by atoms with E-state index < -0.39 is 0 Å². The third-order valence-corrected chi connectivity index (χ3v) is 2.85. The van der Waals surface area contributed by atoms with Gasteiger partial charge in [-0.2, -0.15) is 0 Å². The van der Waals surface area contributed by atoms with Gasteiger partial charge in [-0.3, -0.25) is 0 Å². The maximum atomic E-state index is 5.85. The summed E-state index contributed by atoms with van der Waals surface area (Å²) in [6, 6.07) is 16.1. The summed E-state index contributed by atoms with van der Waals surface area (Å²) in [5, 5.41) is 3.13. The Balaban J connectivity index is 2.11. The zero-order valence-electron chi connectivity index (χ0n) is 11.3. The van der Waals surface area contributed by atoms with E-state index in [-0.39, 0.29) is 0 Å². The quantitative estimate of drug-likeness (QED) is 0.863. The van der Waals surface area contributed by atoms with Crippen LogP contribution in [0.1, 0.15) is 11.1 Å². The summed E-state index contributed by atoms with van der Waals surface area (Å²) in [5.74, 6) is 1.54. The maximum Gasteiger partial charge on any atom is 0.161 e. The second-order valence-corrected chi connectivity index (χ2v) is 4.29. The van der Waals surface area contributed by atoms with Gasteiger partial charge in [-0.15, -0.1) is 0 Å². The SMILES string of the molecule is CNCc1ccc(OC)c(OCc2ccccc2)c1. The molecule has 2 rings (SSSR count). The highest BCUT2D eigenvalue weighted by molar-refractivity contribution is 5.43. The highest BCUT2D eigenvalue weighted by Crippen LogP contribution is 2.28. The molecule has 0 bridgehead atoms. The molecule has 0 heterocycles. The van der Waals surface area contributed by atoms with Crippen LogP contribution in [-0.2, 0) is 13.2 Å². The number of benzene rings is 2. The van der Waals surface area contributed by atoms with Crippen molar-refractivity contribution < 1.29 is 9.47 Å². The zero-order valence-corrected chi connectivity index (χ0v) is 11.3. The number of nitrogens with one attached hydrogen (secondary N) is 1. The van der Waals surface area contributed by atoms with Crippen molar-refractivity contribution in [2.45, 2.75) is 13.2 Å². The summed E-state index contributed by atoms with van der Waals surface area (Å²) < 4.78 is 11.2. The van der Waals surface area contributed by atoms with Crippen molar-refractivity contribution in [3.05, 3.63) is 59.7 Å². The van der Waals surface area contributed by atoms with E-state index in [0.717, 1.165) is 23.6 Å². The summed E-state index contributed by atoms with van der Waals surface area (Å²) in [7, 11) is 3.58. The summed E-state index contributed by atoms with van der Waals surface area (Å²) in [5.41, 5.74) is 2.31. The Morgan fingerprint density at radius 1 is 0.947 bits per heavy atom. The standard InChI is InChI=1S/C16H19NO2/c1-17-11-14-8-9-15(18-2)16(10-14)19-12-13-6-4-3-5-7-13/h3-10,17H,11-12H2,1-2H3. The van der Waals surface area contributed by atoms with Gasteiger partial charge >= 0.3 is 0 Å². The molecule has 100 valence electrons. The molecule has 0 saturated heterocycles. The van der Waals surface area contributed by atoms with E-state index in [9.17, 15) is 0 Å². The predicted octanol–water partition coefficient (Wildman–Crippen LogP) is 2.99. The van der Waals surface area contributed by atoms with E-state index in [0.29, 0.717) is 6.61 Å². The number of rotatable bonds is 6. The van der Waals surface area contributed by atoms with E-state index >= 15 is 0 Å². The molecule has 2 aromatic rings. The minimum Gasteiger partial charge on any atom is -0.493 e. The van der Waals surface area contributed by atoms with Gasteiger partial charge in [-0.1, -0.05) is 36.4 Å². The van der Waals surface area contributed by atoms with Crippen LogP contribution in [0.4, 0.5) is 0 Å². The number of hydrogen-bond acceptors (Lipinski definition) is 3. The lowest BCUT2D eigenvalue weighted by Crippen LogP contribution is -2.05. The van der Waals surface area contributed by atoms with Crippen LogP contribution in [0.3, 0.4) is 0 Å². The molecule has 0 aliphatic rings. The summed E-state index contributed by atoms with van der Waals surface area (Å²) in [6.07, 6.45) is 0. The first-order valence-electron chi connectivity index (χ1n) is 6.31. The van der Waals surface area contributed by atoms with Gasteiger partial charge in [0.25, 0.3) is 0 Å². The van der Waals surface area contributed by atoms with Gasteiger partial charge in [0.1, 0.15) is 6.61 Å². The molecule has 0 saturated carbocycles. The number of hydrogen-bond donors (Lipinski definition) is 1. The molecular formula is C16H19NO2. The lowest BCUT2D eigenvalue weighted by atomic mass is 10.2. The Morgan fingerprint density at radius 3 is 2.42 bits per heavy atom. The van der Waals surface area contributed by atoms with E-state index in [1.165, 1.54) is 5.56 Å². The number of ether oxygens (including phenoxy) is 2. The van der Waals surface area contributed by atoms with Crippen molar-refractivity contribution in [2.75, 3.05) is 14.2 Å². The molecule has 2 aromatic carbocycles. The Labute approximate surface area is 114 Å². The topological polar surface area (TPSA) is 30.5 Å². The van der Waals surface area contributed by atoms with Gasteiger partial charge in [-0.25, -0.2) is 0 Å². The fraction of sp³-hybridized carbons (Fsp3) is 0.250. The highest BCUT2D eigenvalue weighted by atomic mass is 16.5. The third-order valence-electron chi connectivity index (χ3n) is 2.85. The Hall–Kier alpha value is -2.00. The molecule has 0 fully saturated rings. The average molecular weight is 257 g/mol. The molecule has 0 amide bonds. The Bertz CT molecular complexity index is 511. The molecule has 0 spiro atoms. The highest BCUT2D eigenvalue weighted by Gasteiger charge is 2.06. The molecule has 0 aromatic heterocycles. The van der Waals surface area contributed by atoms with Gasteiger partial charge in [0.2, 0.25) is 0 Å². The monoisotopic (exact) mass is 257 g/mol. The lowest BCUT2D eigenvalue weighted by Gasteiger charge is -2.12. The van der Waals surface area contributed by atoms with Crippen molar-refractivity contribution in [1.82, 2.24) is 5.32 Å². The summed E-state index contributed by atoms with van der Waals surface area (Å²) in [6.45, 7) is 1.35. The Morgan fingerprint density at radius 2 is 1.74 bits per heavy atom. The summed E-state index contributed by atoms with van der Waals surface area (Å²) in [4.78, 5) is 0. The largest absolute Gasteiger partial charge is 0.493 e. The molecule has 0 radical (unpaired) electrons. The van der Waals surface area contributed by atoms with Crippen molar-refractivity contribution in [3.8, 4) is 11.5 Å². The smallest absolute Gasteiger partial charge is 0.161 e.